The van der Waals surface area contributed by atoms with Gasteiger partial charge in [0.25, 0.3) is 0 Å². The molecule has 0 bridgehead atoms. The molecule has 2 aliphatic heterocycles. The molecule has 272 valence electrons. The van der Waals surface area contributed by atoms with Gasteiger partial charge in [-0.25, -0.2) is 19.2 Å². The van der Waals surface area contributed by atoms with E-state index >= 15 is 0 Å². The van der Waals surface area contributed by atoms with Crippen LogP contribution in [0.2, 0.25) is 0 Å². The van der Waals surface area contributed by atoms with E-state index < -0.39 is 41.0 Å². The Morgan fingerprint density at radius 1 is 0.702 bits per heavy atom. The number of hydrogen-bond acceptors (Lipinski definition) is 11. The second kappa shape index (κ2) is 19.6. The van der Waals surface area contributed by atoms with Crippen LogP contribution in [0.15, 0.2) is 0 Å². The van der Waals surface area contributed by atoms with Crippen molar-refractivity contribution in [2.24, 2.45) is 5.73 Å². The van der Waals surface area contributed by atoms with Gasteiger partial charge in [-0.3, -0.25) is 19.4 Å². The highest BCUT2D eigenvalue weighted by Gasteiger charge is 2.38. The summed E-state index contributed by atoms with van der Waals surface area (Å²) in [7, 11) is 0. The largest absolute Gasteiger partial charge is 0.451 e. The van der Waals surface area contributed by atoms with Crippen molar-refractivity contribution >= 4 is 46.9 Å². The third-order valence-corrected chi connectivity index (χ3v) is 6.48. The molecule has 0 saturated carbocycles. The zero-order valence-corrected chi connectivity index (χ0v) is 30.9. The molecule has 3 N–H and O–H groups in total. The van der Waals surface area contributed by atoms with Crippen LogP contribution in [0.1, 0.15) is 109 Å². The van der Waals surface area contributed by atoms with Crippen molar-refractivity contribution in [3.05, 3.63) is 0 Å². The van der Waals surface area contributed by atoms with Crippen LogP contribution in [0.5, 0.6) is 0 Å². The average Bonchev–Trinajstić information content (AvgIpc) is 2.85. The van der Waals surface area contributed by atoms with Crippen LogP contribution in [0.3, 0.4) is 0 Å². The summed E-state index contributed by atoms with van der Waals surface area (Å²) in [4.78, 5) is 72.0. The lowest BCUT2D eigenvalue weighted by atomic mass is 9.96. The van der Waals surface area contributed by atoms with Crippen LogP contribution in [-0.4, -0.2) is 106 Å². The van der Waals surface area contributed by atoms with Crippen molar-refractivity contribution in [1.29, 1.82) is 0 Å². The minimum atomic E-state index is -0.741. The molecule has 2 rings (SSSR count). The fraction of sp³-hybridized carbons (Fsp3) is 0.812. The monoisotopic (exact) mass is 692 g/mol. The number of ether oxygens (including phenoxy) is 4. The zero-order chi connectivity index (χ0) is 36.9. The number of nitrogens with two attached hydrogens (primary N) is 1. The lowest BCUT2D eigenvalue weighted by Crippen LogP contribution is -2.56. The van der Waals surface area contributed by atoms with Gasteiger partial charge in [-0.05, 0) is 109 Å². The van der Waals surface area contributed by atoms with Crippen molar-refractivity contribution < 1.29 is 47.7 Å². The summed E-state index contributed by atoms with van der Waals surface area (Å²) in [5.74, 6) is -0.0955. The maximum atomic E-state index is 12.3. The molecule has 2 aliphatic rings. The highest BCUT2D eigenvalue weighted by molar-refractivity contribution is 6.61. The van der Waals surface area contributed by atoms with E-state index in [2.05, 4.69) is 10.1 Å². The number of alkyl carbamates (subject to hydrolysis) is 1. The van der Waals surface area contributed by atoms with Gasteiger partial charge in [0.05, 0.1) is 30.3 Å². The van der Waals surface area contributed by atoms with Gasteiger partial charge in [-0.1, -0.05) is 0 Å². The van der Waals surface area contributed by atoms with Crippen molar-refractivity contribution in [3.63, 3.8) is 0 Å². The molecule has 0 spiro atoms. The zero-order valence-electron chi connectivity index (χ0n) is 30.1. The van der Waals surface area contributed by atoms with Crippen molar-refractivity contribution in [1.82, 2.24) is 15.1 Å². The Morgan fingerprint density at radius 3 is 1.45 bits per heavy atom. The van der Waals surface area contributed by atoms with E-state index in [4.69, 9.17) is 31.5 Å². The van der Waals surface area contributed by atoms with E-state index in [-0.39, 0.29) is 48.4 Å². The molecule has 4 atom stereocenters. The molecule has 4 unspecified atom stereocenters. The molecule has 15 heteroatoms. The summed E-state index contributed by atoms with van der Waals surface area (Å²) in [6, 6.07) is -1.23. The number of carbonyl (C=O) groups is 6. The molecule has 0 radical (unpaired) electrons. The Morgan fingerprint density at radius 2 is 1.11 bits per heavy atom. The molecule has 14 nitrogen and oxygen atoms in total. The van der Waals surface area contributed by atoms with Gasteiger partial charge >= 0.3 is 23.7 Å². The highest BCUT2D eigenvalue weighted by Crippen LogP contribution is 2.22. The fourth-order valence-corrected chi connectivity index (χ4v) is 4.76. The summed E-state index contributed by atoms with van der Waals surface area (Å²) in [6.07, 6.45) is 0.650. The van der Waals surface area contributed by atoms with E-state index in [1.165, 1.54) is 23.6 Å². The lowest BCUT2D eigenvalue weighted by molar-refractivity contribution is -0.124. The van der Waals surface area contributed by atoms with Gasteiger partial charge in [0, 0.05) is 30.7 Å². The molecule has 0 aromatic rings. The number of carbonyl (C=O) groups excluding carboxylic acids is 6. The Balaban J connectivity index is 0.000000770. The van der Waals surface area contributed by atoms with Gasteiger partial charge in [0.1, 0.15) is 11.2 Å². The maximum absolute atomic E-state index is 12.3. The molecule has 0 aliphatic carbocycles. The van der Waals surface area contributed by atoms with E-state index in [0.717, 1.165) is 6.42 Å². The Hall–Kier alpha value is -3.13. The molecule has 2 heterocycles. The fourth-order valence-electron chi connectivity index (χ4n) is 4.58. The number of amides is 3. The second-order valence-corrected chi connectivity index (χ2v) is 14.4. The van der Waals surface area contributed by atoms with Gasteiger partial charge < -0.3 is 30.0 Å². The van der Waals surface area contributed by atoms with Crippen LogP contribution in [-0.2, 0) is 28.5 Å². The van der Waals surface area contributed by atoms with Crippen molar-refractivity contribution in [2.45, 2.75) is 156 Å². The number of piperidine rings is 2. The van der Waals surface area contributed by atoms with Gasteiger partial charge in [-0.2, -0.15) is 0 Å². The predicted octanol–water partition coefficient (Wildman–Crippen LogP) is 5.55. The van der Waals surface area contributed by atoms with Crippen LogP contribution in [0, 0.1) is 0 Å². The first-order valence-corrected chi connectivity index (χ1v) is 16.3. The number of ketones is 2. The van der Waals surface area contributed by atoms with Gasteiger partial charge in [0.15, 0.2) is 11.6 Å². The summed E-state index contributed by atoms with van der Waals surface area (Å²) < 4.78 is 20.1. The van der Waals surface area contributed by atoms with E-state index in [9.17, 15) is 28.8 Å². The summed E-state index contributed by atoms with van der Waals surface area (Å²) in [5.41, 5.74) is 3.89. The third-order valence-electron chi connectivity index (χ3n) is 6.39. The number of nitrogens with one attached hydrogen (secondary N) is 1. The third kappa shape index (κ3) is 19.3. The summed E-state index contributed by atoms with van der Waals surface area (Å²) in [5, 5.41) is 2.74. The number of likely N-dealkylation sites (tertiary alicyclic amines) is 2. The SMILES string of the molecule is CC(=O)C1CCC(N)CN1C(=O)OC(C)(C)C.CC(=O)C1CCC(NC(=O)OC(C)C)CN1C(=O)OC(C)(C)C.CC(C)OC(=O)Cl. The summed E-state index contributed by atoms with van der Waals surface area (Å²) >= 11 is 4.81. The first kappa shape index (κ1) is 43.9. The topological polar surface area (TPSA) is 184 Å². The number of Topliss-reactive ketones (excluding diaryl/α,β-unsaturated/α-hetero) is 2. The quantitative estimate of drug-likeness (QED) is 0.272. The van der Waals surface area contributed by atoms with Crippen LogP contribution in [0.4, 0.5) is 19.2 Å². The van der Waals surface area contributed by atoms with Crippen molar-refractivity contribution in [2.75, 3.05) is 13.1 Å². The smallest absolute Gasteiger partial charge is 0.410 e. The first-order chi connectivity index (χ1) is 21.3. The Labute approximate surface area is 284 Å². The highest BCUT2D eigenvalue weighted by atomic mass is 35.5. The number of nitrogens with zero attached hydrogens (tertiary/aromatic N) is 2. The molecule has 3 amide bonds. The number of rotatable bonds is 5. The van der Waals surface area contributed by atoms with Crippen LogP contribution < -0.4 is 11.1 Å². The average molecular weight is 693 g/mol. The number of halogens is 1. The maximum Gasteiger partial charge on any atom is 0.410 e. The minimum absolute atomic E-state index is 0.0113. The lowest BCUT2D eigenvalue weighted by Gasteiger charge is -2.39. The van der Waals surface area contributed by atoms with Crippen LogP contribution in [0.25, 0.3) is 0 Å². The molecule has 47 heavy (non-hydrogen) atoms. The van der Waals surface area contributed by atoms with Gasteiger partial charge in [-0.15, -0.1) is 0 Å². The molecular weight excluding hydrogens is 636 g/mol. The predicted molar refractivity (Wildman–Crippen MR) is 177 cm³/mol. The van der Waals surface area contributed by atoms with Crippen molar-refractivity contribution in [3.8, 4) is 0 Å². The van der Waals surface area contributed by atoms with Gasteiger partial charge in [0.2, 0.25) is 0 Å². The Kier molecular flexibility index (Phi) is 18.3. The van der Waals surface area contributed by atoms with E-state index in [0.29, 0.717) is 25.8 Å². The summed E-state index contributed by atoms with van der Waals surface area (Å²) in [6.45, 7) is 21.3. The molecule has 0 aromatic heterocycles. The molecule has 2 saturated heterocycles. The first-order valence-electron chi connectivity index (χ1n) is 15.9. The normalized spacial score (nSPS) is 21.3. The van der Waals surface area contributed by atoms with Crippen LogP contribution >= 0.6 is 11.6 Å². The minimum Gasteiger partial charge on any atom is -0.451 e. The van der Waals surface area contributed by atoms with E-state index in [1.807, 2.05) is 0 Å². The standard InChI is InChI=1S/C16H28N2O5.C12H22N2O3.C4H7ClO2/c1-10(2)22-14(20)17-12-7-8-13(11(3)19)18(9-12)15(21)23-16(4,5)6;1-8(15)10-6-5-9(13)7-14(10)11(16)17-12(2,3)4;1-3(2)7-4(5)6/h10,12-13H,7-9H2,1-6H3,(H,17,20);9-10H,5-7,13H2,1-4H3;3H,1-2H3. The molecule has 0 aromatic carbocycles. The number of hydrogen-bond donors (Lipinski definition) is 2. The second-order valence-electron chi connectivity index (χ2n) is 14.1. The Bertz CT molecular complexity index is 1070. The van der Waals surface area contributed by atoms with E-state index in [1.54, 1.807) is 69.2 Å². The molecule has 2 fully saturated rings. The molecular formula is C32H57ClN4O10.